The van der Waals surface area contributed by atoms with Gasteiger partial charge < -0.3 is 9.47 Å². The molecule has 0 heterocycles. The van der Waals surface area contributed by atoms with Gasteiger partial charge in [-0.15, -0.1) is 0 Å². The zero-order chi connectivity index (χ0) is 32.7. The fraction of sp³-hybridized carbons (Fsp3) is 0.514. The van der Waals surface area contributed by atoms with Crippen molar-refractivity contribution in [2.45, 2.75) is 110 Å². The number of unbranched alkanes of at least 4 members (excludes halogenated alkanes) is 10. The predicted octanol–water partition coefficient (Wildman–Crippen LogP) is 11.8. The van der Waals surface area contributed by atoms with Crippen molar-refractivity contribution in [3.63, 3.8) is 0 Å². The molecule has 3 aromatic carbocycles. The third kappa shape index (κ3) is 11.9. The molecule has 0 fully saturated rings. The molecule has 0 bridgehead atoms. The van der Waals surface area contributed by atoms with Crippen LogP contribution >= 0.6 is 0 Å². The minimum absolute atomic E-state index is 0.211. The molecular formula is C37H46F6O2. The Bertz CT molecular complexity index is 1330. The molecule has 0 spiro atoms. The van der Waals surface area contributed by atoms with Gasteiger partial charge in [0.2, 0.25) is 11.6 Å². The fourth-order valence-electron chi connectivity index (χ4n) is 5.21. The first-order valence-corrected chi connectivity index (χ1v) is 16.3. The van der Waals surface area contributed by atoms with E-state index in [4.69, 9.17) is 9.47 Å². The molecule has 0 N–H and O–H groups in total. The molecule has 0 saturated carbocycles. The highest BCUT2D eigenvalue weighted by Gasteiger charge is 2.32. The molecule has 0 radical (unpaired) electrons. The molecule has 0 aliphatic heterocycles. The third-order valence-corrected chi connectivity index (χ3v) is 7.89. The molecule has 0 aromatic heterocycles. The third-order valence-electron chi connectivity index (χ3n) is 7.89. The summed E-state index contributed by atoms with van der Waals surface area (Å²) in [5.41, 5.74) is 1.12. The summed E-state index contributed by atoms with van der Waals surface area (Å²) in [5.74, 6) is -8.57. The van der Waals surface area contributed by atoms with Gasteiger partial charge in [0.15, 0.2) is 18.1 Å². The Morgan fingerprint density at radius 3 is 1.60 bits per heavy atom. The smallest absolute Gasteiger partial charge is 0.285 e. The van der Waals surface area contributed by atoms with E-state index in [0.717, 1.165) is 63.1 Å². The SMILES string of the molecule is CCCCCCCCCc1ccc(-c2ccc(CC(F)(F)COc3ccc(OCCCCCCC)c(F)c3F)c(F)c2)cc1F. The lowest BCUT2D eigenvalue weighted by Crippen LogP contribution is -2.29. The van der Waals surface area contributed by atoms with E-state index in [1.165, 1.54) is 43.9 Å². The summed E-state index contributed by atoms with van der Waals surface area (Å²) in [7, 11) is 0. The first kappa shape index (κ1) is 36.3. The molecule has 3 aromatic rings. The number of benzene rings is 3. The predicted molar refractivity (Wildman–Crippen MR) is 168 cm³/mol. The van der Waals surface area contributed by atoms with E-state index in [9.17, 15) is 26.3 Å². The van der Waals surface area contributed by atoms with Crippen LogP contribution in [0.5, 0.6) is 11.5 Å². The molecule has 0 aliphatic carbocycles. The second-order valence-electron chi connectivity index (χ2n) is 11.8. The summed E-state index contributed by atoms with van der Waals surface area (Å²) in [6.07, 6.45) is 12.3. The highest BCUT2D eigenvalue weighted by atomic mass is 19.3. The molecule has 2 nitrogen and oxygen atoms in total. The molecule has 0 aliphatic rings. The minimum atomic E-state index is -3.58. The van der Waals surface area contributed by atoms with Crippen molar-refractivity contribution in [1.82, 2.24) is 0 Å². The van der Waals surface area contributed by atoms with Crippen LogP contribution in [0.3, 0.4) is 0 Å². The van der Waals surface area contributed by atoms with Crippen molar-refractivity contribution in [3.05, 3.63) is 82.9 Å². The van der Waals surface area contributed by atoms with Gasteiger partial charge in [-0.3, -0.25) is 0 Å². The van der Waals surface area contributed by atoms with Crippen molar-refractivity contribution >= 4 is 0 Å². The topological polar surface area (TPSA) is 18.5 Å². The van der Waals surface area contributed by atoms with Crippen LogP contribution in [-0.4, -0.2) is 19.1 Å². The zero-order valence-corrected chi connectivity index (χ0v) is 26.5. The Kier molecular flexibility index (Phi) is 15.1. The largest absolute Gasteiger partial charge is 0.490 e. The normalized spacial score (nSPS) is 11.6. The van der Waals surface area contributed by atoms with E-state index in [2.05, 4.69) is 13.8 Å². The lowest BCUT2D eigenvalue weighted by atomic mass is 9.98. The number of hydrogen-bond acceptors (Lipinski definition) is 2. The van der Waals surface area contributed by atoms with Gasteiger partial charge in [0, 0.05) is 6.42 Å². The zero-order valence-electron chi connectivity index (χ0n) is 26.5. The summed E-state index contributed by atoms with van der Waals surface area (Å²) in [6, 6.07) is 10.7. The minimum Gasteiger partial charge on any atom is -0.490 e. The van der Waals surface area contributed by atoms with Crippen molar-refractivity contribution in [1.29, 1.82) is 0 Å². The van der Waals surface area contributed by atoms with E-state index in [1.54, 1.807) is 12.1 Å². The Morgan fingerprint density at radius 1 is 0.556 bits per heavy atom. The molecule has 0 amide bonds. The van der Waals surface area contributed by atoms with Crippen molar-refractivity contribution in [2.24, 2.45) is 0 Å². The van der Waals surface area contributed by atoms with Gasteiger partial charge in [-0.1, -0.05) is 102 Å². The molecule has 45 heavy (non-hydrogen) atoms. The lowest BCUT2D eigenvalue weighted by molar-refractivity contribution is -0.0416. The molecular weight excluding hydrogens is 590 g/mol. The first-order chi connectivity index (χ1) is 21.6. The number of ether oxygens (including phenoxy) is 2. The quantitative estimate of drug-likeness (QED) is 0.0856. The summed E-state index contributed by atoms with van der Waals surface area (Å²) >= 11 is 0. The second-order valence-corrected chi connectivity index (χ2v) is 11.8. The van der Waals surface area contributed by atoms with E-state index in [0.29, 0.717) is 29.5 Å². The van der Waals surface area contributed by atoms with Crippen LogP contribution in [0.15, 0.2) is 48.5 Å². The van der Waals surface area contributed by atoms with Gasteiger partial charge in [-0.2, -0.15) is 8.78 Å². The van der Waals surface area contributed by atoms with Crippen LogP contribution in [0.4, 0.5) is 26.3 Å². The van der Waals surface area contributed by atoms with Gasteiger partial charge in [0.25, 0.3) is 5.92 Å². The van der Waals surface area contributed by atoms with Crippen LogP contribution in [-0.2, 0) is 12.8 Å². The number of hydrogen-bond donors (Lipinski definition) is 0. The van der Waals surface area contributed by atoms with Crippen LogP contribution < -0.4 is 9.47 Å². The maximum absolute atomic E-state index is 14.9. The fourth-order valence-corrected chi connectivity index (χ4v) is 5.21. The maximum Gasteiger partial charge on any atom is 0.285 e. The van der Waals surface area contributed by atoms with Crippen LogP contribution in [0.25, 0.3) is 11.1 Å². The monoisotopic (exact) mass is 636 g/mol. The van der Waals surface area contributed by atoms with Crippen molar-refractivity contribution < 1.29 is 35.8 Å². The highest BCUT2D eigenvalue weighted by Crippen LogP contribution is 2.31. The molecule has 0 unspecified atom stereocenters. The van der Waals surface area contributed by atoms with Gasteiger partial charge in [0.1, 0.15) is 11.6 Å². The van der Waals surface area contributed by atoms with Crippen molar-refractivity contribution in [2.75, 3.05) is 13.2 Å². The number of rotatable bonds is 21. The lowest BCUT2D eigenvalue weighted by Gasteiger charge is -2.19. The first-order valence-electron chi connectivity index (χ1n) is 16.3. The number of alkyl halides is 2. The molecule has 3 rings (SSSR count). The van der Waals surface area contributed by atoms with E-state index in [-0.39, 0.29) is 23.7 Å². The van der Waals surface area contributed by atoms with Crippen LogP contribution in [0.2, 0.25) is 0 Å². The number of halogens is 6. The van der Waals surface area contributed by atoms with Gasteiger partial charge >= 0.3 is 0 Å². The van der Waals surface area contributed by atoms with Crippen LogP contribution in [0.1, 0.15) is 102 Å². The average molecular weight is 637 g/mol. The summed E-state index contributed by atoms with van der Waals surface area (Å²) in [4.78, 5) is 0. The number of aryl methyl sites for hydroxylation is 1. The summed E-state index contributed by atoms with van der Waals surface area (Å²) < 4.78 is 98.2. The van der Waals surface area contributed by atoms with Gasteiger partial charge in [0.05, 0.1) is 6.61 Å². The summed E-state index contributed by atoms with van der Waals surface area (Å²) in [6.45, 7) is 3.19. The molecule has 0 atom stereocenters. The second kappa shape index (κ2) is 18.7. The Morgan fingerprint density at radius 2 is 1.04 bits per heavy atom. The Balaban J connectivity index is 1.53. The maximum atomic E-state index is 14.9. The van der Waals surface area contributed by atoms with Gasteiger partial charge in [-0.25, -0.2) is 17.6 Å². The molecule has 0 saturated heterocycles. The van der Waals surface area contributed by atoms with E-state index >= 15 is 0 Å². The average Bonchev–Trinajstić information content (AvgIpc) is 3.01. The Hall–Kier alpha value is -3.16. The molecule has 8 heteroatoms. The van der Waals surface area contributed by atoms with Crippen LogP contribution in [0, 0.1) is 23.3 Å². The summed E-state index contributed by atoms with van der Waals surface area (Å²) in [5, 5.41) is 0. The van der Waals surface area contributed by atoms with Gasteiger partial charge in [-0.05, 0) is 65.8 Å². The molecule has 248 valence electrons. The Labute approximate surface area is 264 Å². The van der Waals surface area contributed by atoms with Crippen molar-refractivity contribution in [3.8, 4) is 22.6 Å². The highest BCUT2D eigenvalue weighted by molar-refractivity contribution is 5.64. The van der Waals surface area contributed by atoms with E-state index in [1.807, 2.05) is 0 Å². The standard InChI is InChI=1S/C37H46F6O2/c1-3-5-7-9-10-11-13-15-27-16-17-28(23-31(27)38)29-18-19-30(32(39)24-29)25-37(42,43)26-45-34-21-20-33(35(40)36(34)41)44-22-14-12-8-6-4-2/h16-21,23-24H,3-15,22,25-26H2,1-2H3. The van der Waals surface area contributed by atoms with E-state index < -0.39 is 42.2 Å².